The Morgan fingerprint density at radius 3 is 2.40 bits per heavy atom. The second-order valence-corrected chi connectivity index (χ2v) is 9.69. The van der Waals surface area contributed by atoms with E-state index in [2.05, 4.69) is 18.2 Å². The third-order valence-electron chi connectivity index (χ3n) is 7.30. The number of alkyl halides is 5. The number of aliphatic imine (C=N–C) groups is 1. The molecule has 1 saturated carbocycles. The molecule has 1 aliphatic carbocycles. The zero-order chi connectivity index (χ0) is 26.8. The van der Waals surface area contributed by atoms with Crippen LogP contribution in [0, 0.1) is 30.1 Å². The molecule has 1 aromatic carbocycles. The highest BCUT2D eigenvalue weighted by atomic mass is 19.4. The standard InChI is InChI=1S/C23H27F5N2O.C2H4.CH2O/c1-13-4-5-15(7-14(2)21(3,24)25)18(6-13)20(31)30-11-17-9-22(17,12-30)19-8-16(10-29-19)23(26,27)28;2*1-2/h4-6,14,16-17H,7-12H2,1-3H3;1-2H2;1H2. The molecular weight excluding hydrogens is 467 g/mol. The molecular formula is C26H33F5N2O2. The predicted octanol–water partition coefficient (Wildman–Crippen LogP) is 5.93. The molecule has 35 heavy (non-hydrogen) atoms. The lowest BCUT2D eigenvalue weighted by atomic mass is 9.91. The molecule has 9 heteroatoms. The molecule has 4 unspecified atom stereocenters. The lowest BCUT2D eigenvalue weighted by Crippen LogP contribution is -2.35. The molecule has 2 fully saturated rings. The maximum absolute atomic E-state index is 13.7. The zero-order valence-corrected chi connectivity index (χ0v) is 20.4. The summed E-state index contributed by atoms with van der Waals surface area (Å²) in [4.78, 5) is 27.2. The maximum atomic E-state index is 13.7. The van der Waals surface area contributed by atoms with Crippen LogP contribution >= 0.6 is 0 Å². The molecule has 1 aromatic rings. The first-order valence-corrected chi connectivity index (χ1v) is 11.5. The quantitative estimate of drug-likeness (QED) is 0.372. The van der Waals surface area contributed by atoms with Crippen molar-refractivity contribution in [3.8, 4) is 0 Å². The summed E-state index contributed by atoms with van der Waals surface area (Å²) in [5, 5.41) is 0. The molecule has 2 heterocycles. The fraction of sp³-hybridized carbons (Fsp3) is 0.577. The number of nitrogens with zero attached hydrogens (tertiary/aromatic N) is 2. The third-order valence-corrected chi connectivity index (χ3v) is 7.30. The van der Waals surface area contributed by atoms with Crippen LogP contribution < -0.4 is 0 Å². The van der Waals surface area contributed by atoms with Gasteiger partial charge in [-0.1, -0.05) is 24.6 Å². The number of likely N-dealkylation sites (tertiary alicyclic amines) is 1. The van der Waals surface area contributed by atoms with E-state index in [0.29, 0.717) is 29.9 Å². The number of benzene rings is 1. The van der Waals surface area contributed by atoms with Crippen LogP contribution in [0.15, 0.2) is 36.3 Å². The zero-order valence-electron chi connectivity index (χ0n) is 20.4. The van der Waals surface area contributed by atoms with Crippen molar-refractivity contribution in [2.75, 3.05) is 19.6 Å². The Bertz CT molecular complexity index is 954. The van der Waals surface area contributed by atoms with Crippen LogP contribution in [0.2, 0.25) is 0 Å². The van der Waals surface area contributed by atoms with Gasteiger partial charge in [0, 0.05) is 35.7 Å². The summed E-state index contributed by atoms with van der Waals surface area (Å²) in [5.41, 5.74) is 2.02. The summed E-state index contributed by atoms with van der Waals surface area (Å²) in [6.45, 7) is 12.8. The normalized spacial score (nSPS) is 25.9. The van der Waals surface area contributed by atoms with E-state index in [1.54, 1.807) is 23.1 Å². The van der Waals surface area contributed by atoms with Gasteiger partial charge in [-0.3, -0.25) is 9.79 Å². The number of fused-ring (bicyclic) bond motifs is 1. The van der Waals surface area contributed by atoms with Crippen LogP contribution in [0.3, 0.4) is 0 Å². The Morgan fingerprint density at radius 2 is 1.86 bits per heavy atom. The third kappa shape index (κ3) is 5.98. The van der Waals surface area contributed by atoms with E-state index in [1.807, 2.05) is 13.7 Å². The van der Waals surface area contributed by atoms with E-state index < -0.39 is 29.3 Å². The van der Waals surface area contributed by atoms with Gasteiger partial charge in [0.25, 0.3) is 5.91 Å². The number of rotatable bonds is 5. The largest absolute Gasteiger partial charge is 0.393 e. The van der Waals surface area contributed by atoms with Crippen LogP contribution in [-0.2, 0) is 11.2 Å². The summed E-state index contributed by atoms with van der Waals surface area (Å²) in [5.74, 6) is -5.31. The van der Waals surface area contributed by atoms with Crippen molar-refractivity contribution in [1.82, 2.24) is 4.90 Å². The first-order chi connectivity index (χ1) is 16.3. The van der Waals surface area contributed by atoms with E-state index in [0.717, 1.165) is 18.9 Å². The Balaban J connectivity index is 0.00000103. The fourth-order valence-electron chi connectivity index (χ4n) is 4.99. The highest BCUT2D eigenvalue weighted by molar-refractivity contribution is 5.99. The van der Waals surface area contributed by atoms with Crippen molar-refractivity contribution in [1.29, 1.82) is 0 Å². The van der Waals surface area contributed by atoms with Crippen molar-refractivity contribution in [2.24, 2.45) is 28.2 Å². The number of carbonyl (C=O) groups excluding carboxylic acids is 2. The van der Waals surface area contributed by atoms with Gasteiger partial charge in [-0.15, -0.1) is 13.2 Å². The van der Waals surface area contributed by atoms with Gasteiger partial charge in [0.05, 0.1) is 12.5 Å². The van der Waals surface area contributed by atoms with Crippen LogP contribution in [0.25, 0.3) is 0 Å². The van der Waals surface area contributed by atoms with Gasteiger partial charge < -0.3 is 9.69 Å². The highest BCUT2D eigenvalue weighted by Gasteiger charge is 2.65. The SMILES string of the molecule is C=C.C=O.Cc1ccc(CC(C)C(C)(F)F)c(C(=O)N2CC3CC3(C3=NCC(C(F)(F)F)C3)C2)c1. The highest BCUT2D eigenvalue weighted by Crippen LogP contribution is 2.61. The van der Waals surface area contributed by atoms with Crippen molar-refractivity contribution in [3.63, 3.8) is 0 Å². The van der Waals surface area contributed by atoms with Crippen molar-refractivity contribution >= 4 is 18.4 Å². The molecule has 0 radical (unpaired) electrons. The van der Waals surface area contributed by atoms with E-state index in [-0.39, 0.29) is 31.2 Å². The predicted molar refractivity (Wildman–Crippen MR) is 126 cm³/mol. The maximum Gasteiger partial charge on any atom is 0.393 e. The van der Waals surface area contributed by atoms with Gasteiger partial charge in [0.15, 0.2) is 0 Å². The van der Waals surface area contributed by atoms with Crippen LogP contribution in [-0.4, -0.2) is 55.0 Å². The Morgan fingerprint density at radius 1 is 1.23 bits per heavy atom. The second-order valence-electron chi connectivity index (χ2n) is 9.69. The van der Waals surface area contributed by atoms with Gasteiger partial charge in [-0.25, -0.2) is 8.78 Å². The lowest BCUT2D eigenvalue weighted by Gasteiger charge is -2.25. The minimum absolute atomic E-state index is 0.0766. The number of piperidine rings is 1. The van der Waals surface area contributed by atoms with Gasteiger partial charge >= 0.3 is 6.18 Å². The molecule has 1 amide bonds. The Labute approximate surface area is 203 Å². The fourth-order valence-corrected chi connectivity index (χ4v) is 4.99. The molecule has 1 saturated heterocycles. The van der Waals surface area contributed by atoms with Crippen LogP contribution in [0.5, 0.6) is 0 Å². The first kappa shape index (κ1) is 28.7. The summed E-state index contributed by atoms with van der Waals surface area (Å²) >= 11 is 0. The molecule has 0 aromatic heterocycles. The van der Waals surface area contributed by atoms with Crippen molar-refractivity contribution in [3.05, 3.63) is 48.0 Å². The van der Waals surface area contributed by atoms with Crippen molar-refractivity contribution < 1.29 is 31.5 Å². The van der Waals surface area contributed by atoms with E-state index in [1.165, 1.54) is 6.92 Å². The van der Waals surface area contributed by atoms with Crippen LogP contribution in [0.4, 0.5) is 22.0 Å². The molecule has 4 nitrogen and oxygen atoms in total. The minimum Gasteiger partial charge on any atom is -0.337 e. The number of hydrogen-bond donors (Lipinski definition) is 0. The molecule has 2 aliphatic heterocycles. The molecule has 0 bridgehead atoms. The number of hydrogen-bond acceptors (Lipinski definition) is 3. The average molecular weight is 501 g/mol. The van der Waals surface area contributed by atoms with Gasteiger partial charge in [0.2, 0.25) is 5.92 Å². The van der Waals surface area contributed by atoms with Crippen molar-refractivity contribution in [2.45, 2.75) is 52.1 Å². The van der Waals surface area contributed by atoms with Gasteiger partial charge in [0.1, 0.15) is 6.79 Å². The smallest absolute Gasteiger partial charge is 0.337 e. The van der Waals surface area contributed by atoms with E-state index >= 15 is 0 Å². The number of aryl methyl sites for hydroxylation is 1. The molecule has 3 aliphatic rings. The number of halogens is 5. The average Bonchev–Trinajstić information content (AvgIpc) is 3.16. The first-order valence-electron chi connectivity index (χ1n) is 11.5. The van der Waals surface area contributed by atoms with Gasteiger partial charge in [-0.05, 0) is 50.7 Å². The van der Waals surface area contributed by atoms with E-state index in [9.17, 15) is 26.7 Å². The monoisotopic (exact) mass is 500 g/mol. The lowest BCUT2D eigenvalue weighted by molar-refractivity contribution is -0.167. The molecule has 0 N–H and O–H groups in total. The molecule has 4 atom stereocenters. The summed E-state index contributed by atoms with van der Waals surface area (Å²) in [6.07, 6.45) is -3.50. The van der Waals surface area contributed by atoms with Crippen LogP contribution in [0.1, 0.15) is 48.2 Å². The number of amides is 1. The second kappa shape index (κ2) is 10.6. The summed E-state index contributed by atoms with van der Waals surface area (Å²) in [7, 11) is 0. The Kier molecular flexibility index (Phi) is 8.66. The topological polar surface area (TPSA) is 49.7 Å². The summed E-state index contributed by atoms with van der Waals surface area (Å²) < 4.78 is 66.6. The Hall–Kier alpha value is -2.58. The number of carbonyl (C=O) groups is 2. The van der Waals surface area contributed by atoms with E-state index in [4.69, 9.17) is 4.79 Å². The summed E-state index contributed by atoms with van der Waals surface area (Å²) in [6, 6.07) is 5.26. The minimum atomic E-state index is -4.26. The molecule has 4 rings (SSSR count). The molecule has 0 spiro atoms. The molecule has 194 valence electrons. The van der Waals surface area contributed by atoms with Gasteiger partial charge in [-0.2, -0.15) is 13.2 Å².